The van der Waals surface area contributed by atoms with E-state index in [0.717, 1.165) is 47.0 Å². The van der Waals surface area contributed by atoms with Crippen LogP contribution in [0.3, 0.4) is 0 Å². The highest BCUT2D eigenvalue weighted by atomic mass is 16.5. The van der Waals surface area contributed by atoms with Crippen LogP contribution in [0.15, 0.2) is 30.5 Å². The summed E-state index contributed by atoms with van der Waals surface area (Å²) in [5.74, 6) is 1.65. The zero-order chi connectivity index (χ0) is 15.2. The molecule has 21 heavy (non-hydrogen) atoms. The van der Waals surface area contributed by atoms with Gasteiger partial charge in [0.2, 0.25) is 0 Å². The smallest absolute Gasteiger partial charge is 0.131 e. The zero-order valence-electron chi connectivity index (χ0n) is 12.8. The van der Waals surface area contributed by atoms with Crippen LogP contribution in [0.25, 0.3) is 0 Å². The molecule has 0 saturated heterocycles. The number of ether oxygens (including phenoxy) is 2. The van der Waals surface area contributed by atoms with Crippen LogP contribution in [-0.4, -0.2) is 11.6 Å². The van der Waals surface area contributed by atoms with Crippen molar-refractivity contribution >= 4 is 5.69 Å². The lowest BCUT2D eigenvalue weighted by Crippen LogP contribution is -2.05. The minimum atomic E-state index is 0.408. The van der Waals surface area contributed by atoms with E-state index >= 15 is 0 Å². The average molecular weight is 286 g/mol. The molecule has 112 valence electrons. The maximum Gasteiger partial charge on any atom is 0.131 e. The van der Waals surface area contributed by atoms with Gasteiger partial charge in [0.15, 0.2) is 0 Å². The molecule has 0 bridgehead atoms. The van der Waals surface area contributed by atoms with Gasteiger partial charge in [-0.1, -0.05) is 6.92 Å². The molecule has 4 nitrogen and oxygen atoms in total. The van der Waals surface area contributed by atoms with Crippen LogP contribution in [0.5, 0.6) is 11.5 Å². The Morgan fingerprint density at radius 1 is 1.05 bits per heavy atom. The molecule has 0 aliphatic rings. The van der Waals surface area contributed by atoms with Crippen LogP contribution in [0.4, 0.5) is 5.69 Å². The molecule has 2 aromatic rings. The van der Waals surface area contributed by atoms with E-state index in [-0.39, 0.29) is 0 Å². The Hall–Kier alpha value is -2.23. The summed E-state index contributed by atoms with van der Waals surface area (Å²) in [5.41, 5.74) is 9.63. The van der Waals surface area contributed by atoms with Gasteiger partial charge in [-0.3, -0.25) is 4.98 Å². The van der Waals surface area contributed by atoms with Gasteiger partial charge < -0.3 is 15.2 Å². The number of benzene rings is 1. The molecule has 1 aromatic carbocycles. The summed E-state index contributed by atoms with van der Waals surface area (Å²) in [6, 6.07) is 7.62. The van der Waals surface area contributed by atoms with Crippen LogP contribution in [-0.2, 0) is 6.61 Å². The maximum absolute atomic E-state index is 6.01. The van der Waals surface area contributed by atoms with Crippen molar-refractivity contribution in [2.75, 3.05) is 12.3 Å². The monoisotopic (exact) mass is 286 g/mol. The predicted molar refractivity (Wildman–Crippen MR) is 84.7 cm³/mol. The van der Waals surface area contributed by atoms with E-state index in [1.807, 2.05) is 38.1 Å². The molecule has 1 heterocycles. The van der Waals surface area contributed by atoms with Crippen LogP contribution in [0.2, 0.25) is 0 Å². The Bertz CT molecular complexity index is 594. The van der Waals surface area contributed by atoms with Gasteiger partial charge in [-0.15, -0.1) is 0 Å². The summed E-state index contributed by atoms with van der Waals surface area (Å²) in [6.07, 6.45) is 2.78. The van der Waals surface area contributed by atoms with Crippen molar-refractivity contribution in [2.24, 2.45) is 0 Å². The number of hydrogen-bond donors (Lipinski definition) is 1. The van der Waals surface area contributed by atoms with E-state index in [4.69, 9.17) is 15.2 Å². The fourth-order valence-electron chi connectivity index (χ4n) is 1.94. The van der Waals surface area contributed by atoms with E-state index in [9.17, 15) is 0 Å². The molecule has 2 rings (SSSR count). The summed E-state index contributed by atoms with van der Waals surface area (Å²) >= 11 is 0. The lowest BCUT2D eigenvalue weighted by molar-refractivity contribution is 0.297. The van der Waals surface area contributed by atoms with Crippen molar-refractivity contribution < 1.29 is 9.47 Å². The highest BCUT2D eigenvalue weighted by Crippen LogP contribution is 2.21. The van der Waals surface area contributed by atoms with E-state index in [1.54, 1.807) is 6.20 Å². The lowest BCUT2D eigenvalue weighted by Gasteiger charge is -2.11. The molecule has 0 amide bonds. The van der Waals surface area contributed by atoms with Gasteiger partial charge in [-0.2, -0.15) is 0 Å². The number of pyridine rings is 1. The van der Waals surface area contributed by atoms with E-state index in [0.29, 0.717) is 6.61 Å². The molecule has 0 unspecified atom stereocenters. The largest absolute Gasteiger partial charge is 0.494 e. The van der Waals surface area contributed by atoms with Crippen LogP contribution >= 0.6 is 0 Å². The zero-order valence-corrected chi connectivity index (χ0v) is 12.8. The minimum Gasteiger partial charge on any atom is -0.494 e. The Balaban J connectivity index is 1.98. The van der Waals surface area contributed by atoms with Crippen molar-refractivity contribution in [1.29, 1.82) is 0 Å². The second kappa shape index (κ2) is 6.97. The quantitative estimate of drug-likeness (QED) is 0.880. The fraction of sp³-hybridized carbons (Fsp3) is 0.353. The number of aromatic nitrogens is 1. The Labute approximate surface area is 125 Å². The fourth-order valence-corrected chi connectivity index (χ4v) is 1.94. The number of nitrogens with two attached hydrogens (primary N) is 1. The van der Waals surface area contributed by atoms with Crippen molar-refractivity contribution in [3.05, 3.63) is 47.3 Å². The first kappa shape index (κ1) is 15.2. The molecular formula is C17H22N2O2. The van der Waals surface area contributed by atoms with Crippen molar-refractivity contribution in [2.45, 2.75) is 33.8 Å². The topological polar surface area (TPSA) is 57.4 Å². The molecule has 0 aliphatic carbocycles. The van der Waals surface area contributed by atoms with Gasteiger partial charge in [-0.25, -0.2) is 0 Å². The SMILES string of the molecule is CCCOc1ccc(OCc2ncc(C)c(N)c2C)cc1. The molecule has 0 atom stereocenters. The average Bonchev–Trinajstić information content (AvgIpc) is 2.51. The summed E-state index contributed by atoms with van der Waals surface area (Å²) in [7, 11) is 0. The van der Waals surface area contributed by atoms with Crippen LogP contribution < -0.4 is 15.2 Å². The van der Waals surface area contributed by atoms with Gasteiger partial charge in [0.1, 0.15) is 18.1 Å². The van der Waals surface area contributed by atoms with Crippen molar-refractivity contribution in [3.63, 3.8) is 0 Å². The summed E-state index contributed by atoms with van der Waals surface area (Å²) in [6.45, 7) is 7.14. The molecule has 0 spiro atoms. The highest BCUT2D eigenvalue weighted by molar-refractivity contribution is 5.53. The molecule has 0 aliphatic heterocycles. The first-order valence-corrected chi connectivity index (χ1v) is 7.18. The van der Waals surface area contributed by atoms with Gasteiger partial charge >= 0.3 is 0 Å². The third-order valence-electron chi connectivity index (χ3n) is 3.35. The maximum atomic E-state index is 6.01. The molecule has 1 aromatic heterocycles. The highest BCUT2D eigenvalue weighted by Gasteiger charge is 2.07. The van der Waals surface area contributed by atoms with Gasteiger partial charge in [-0.05, 0) is 55.7 Å². The summed E-state index contributed by atoms with van der Waals surface area (Å²) in [5, 5.41) is 0. The van der Waals surface area contributed by atoms with Gasteiger partial charge in [0.25, 0.3) is 0 Å². The normalized spacial score (nSPS) is 10.4. The Kier molecular flexibility index (Phi) is 5.04. The van der Waals surface area contributed by atoms with Crippen LogP contribution in [0.1, 0.15) is 30.2 Å². The lowest BCUT2D eigenvalue weighted by atomic mass is 10.1. The number of nitrogens with zero attached hydrogens (tertiary/aromatic N) is 1. The Morgan fingerprint density at radius 3 is 2.29 bits per heavy atom. The first-order valence-electron chi connectivity index (χ1n) is 7.18. The Morgan fingerprint density at radius 2 is 1.67 bits per heavy atom. The van der Waals surface area contributed by atoms with E-state index in [2.05, 4.69) is 11.9 Å². The van der Waals surface area contributed by atoms with Crippen molar-refractivity contribution in [1.82, 2.24) is 4.98 Å². The minimum absolute atomic E-state index is 0.408. The number of nitrogen functional groups attached to an aromatic ring is 1. The predicted octanol–water partition coefficient (Wildman–Crippen LogP) is 3.65. The standard InChI is InChI=1S/C17H22N2O2/c1-4-9-20-14-5-7-15(8-6-14)21-11-16-13(3)17(18)12(2)10-19-16/h5-8,10H,4,9,11H2,1-3H3,(H2,18,19). The molecule has 0 radical (unpaired) electrons. The summed E-state index contributed by atoms with van der Waals surface area (Å²) < 4.78 is 11.3. The molecule has 4 heteroatoms. The molecular weight excluding hydrogens is 264 g/mol. The summed E-state index contributed by atoms with van der Waals surface area (Å²) in [4.78, 5) is 4.38. The van der Waals surface area contributed by atoms with Gasteiger partial charge in [0, 0.05) is 11.9 Å². The molecule has 2 N–H and O–H groups in total. The van der Waals surface area contributed by atoms with Crippen LogP contribution in [0, 0.1) is 13.8 Å². The number of hydrogen-bond acceptors (Lipinski definition) is 4. The number of rotatable bonds is 6. The van der Waals surface area contributed by atoms with Crippen molar-refractivity contribution in [3.8, 4) is 11.5 Å². The molecule has 0 saturated carbocycles. The second-order valence-electron chi connectivity index (χ2n) is 5.04. The van der Waals surface area contributed by atoms with E-state index < -0.39 is 0 Å². The number of aryl methyl sites for hydroxylation is 1. The van der Waals surface area contributed by atoms with E-state index in [1.165, 1.54) is 0 Å². The number of anilines is 1. The third kappa shape index (κ3) is 3.88. The second-order valence-corrected chi connectivity index (χ2v) is 5.04. The first-order chi connectivity index (χ1) is 10.1. The third-order valence-corrected chi connectivity index (χ3v) is 3.35. The molecule has 0 fully saturated rings. The van der Waals surface area contributed by atoms with Gasteiger partial charge in [0.05, 0.1) is 12.3 Å².